The van der Waals surface area contributed by atoms with Crippen molar-refractivity contribution in [2.75, 3.05) is 13.2 Å². The largest absolute Gasteiger partial charge is 0.374 e. The van der Waals surface area contributed by atoms with E-state index in [-0.39, 0.29) is 6.10 Å². The van der Waals surface area contributed by atoms with Gasteiger partial charge in [0.2, 0.25) is 0 Å². The molecule has 1 atom stereocenters. The van der Waals surface area contributed by atoms with Crippen molar-refractivity contribution in [3.05, 3.63) is 71.8 Å². The van der Waals surface area contributed by atoms with E-state index in [9.17, 15) is 0 Å². The monoisotopic (exact) mass is 328 g/mol. The van der Waals surface area contributed by atoms with Crippen LogP contribution in [0.2, 0.25) is 0 Å². The summed E-state index contributed by atoms with van der Waals surface area (Å²) in [5.41, 5.74) is 2.43. The van der Waals surface area contributed by atoms with Gasteiger partial charge in [-0.25, -0.2) is 0 Å². The van der Waals surface area contributed by atoms with Crippen molar-refractivity contribution in [1.82, 2.24) is 10.6 Å². The Morgan fingerprint density at radius 2 is 1.65 bits per heavy atom. The first-order chi connectivity index (χ1) is 11.3. The normalized spacial score (nSPS) is 11.7. The summed E-state index contributed by atoms with van der Waals surface area (Å²) in [6, 6.07) is 20.5. The summed E-state index contributed by atoms with van der Waals surface area (Å²) >= 11 is 5.27. The fraction of sp³-hybridized carbons (Fsp3) is 0.316. The molecule has 0 fully saturated rings. The number of thiocarbonyl (C=S) groups is 1. The lowest BCUT2D eigenvalue weighted by Crippen LogP contribution is -2.35. The Labute approximate surface area is 144 Å². The van der Waals surface area contributed by atoms with Crippen LogP contribution in [-0.2, 0) is 11.3 Å². The predicted molar refractivity (Wildman–Crippen MR) is 99.3 cm³/mol. The summed E-state index contributed by atoms with van der Waals surface area (Å²) in [6.45, 7) is 4.34. The maximum Gasteiger partial charge on any atom is 0.166 e. The Kier molecular flexibility index (Phi) is 7.57. The van der Waals surface area contributed by atoms with E-state index in [1.54, 1.807) is 0 Å². The van der Waals surface area contributed by atoms with Gasteiger partial charge in [-0.3, -0.25) is 0 Å². The zero-order chi connectivity index (χ0) is 16.3. The molecule has 0 aliphatic carbocycles. The molecule has 0 heterocycles. The van der Waals surface area contributed by atoms with Gasteiger partial charge in [0, 0.05) is 19.7 Å². The molecule has 0 unspecified atom stereocenters. The highest BCUT2D eigenvalue weighted by Gasteiger charge is 2.04. The standard InChI is InChI=1S/C19H24N2OS/c1-16(18-11-6-3-7-12-18)22-14-8-13-20-19(23)21-15-17-9-4-2-5-10-17/h2-7,9-12,16H,8,13-15H2,1H3,(H2,20,21,23)/t16-/m1/s1. The molecule has 2 aromatic rings. The molecule has 3 nitrogen and oxygen atoms in total. The molecule has 0 aliphatic heterocycles. The van der Waals surface area contributed by atoms with Crippen LogP contribution in [0.15, 0.2) is 60.7 Å². The van der Waals surface area contributed by atoms with Crippen molar-refractivity contribution in [2.24, 2.45) is 0 Å². The van der Waals surface area contributed by atoms with Crippen molar-refractivity contribution >= 4 is 17.3 Å². The Morgan fingerprint density at radius 1 is 1.00 bits per heavy atom. The Morgan fingerprint density at radius 3 is 2.35 bits per heavy atom. The molecule has 0 amide bonds. The Balaban J connectivity index is 1.54. The van der Waals surface area contributed by atoms with Gasteiger partial charge >= 0.3 is 0 Å². The van der Waals surface area contributed by atoms with Crippen LogP contribution >= 0.6 is 12.2 Å². The highest BCUT2D eigenvalue weighted by atomic mass is 32.1. The highest BCUT2D eigenvalue weighted by molar-refractivity contribution is 7.80. The second-order valence-corrected chi connectivity index (χ2v) is 5.78. The van der Waals surface area contributed by atoms with Gasteiger partial charge in [0.1, 0.15) is 0 Å². The zero-order valence-corrected chi connectivity index (χ0v) is 14.3. The SMILES string of the molecule is C[C@@H](OCCCNC(=S)NCc1ccccc1)c1ccccc1. The smallest absolute Gasteiger partial charge is 0.166 e. The van der Waals surface area contributed by atoms with E-state index in [4.69, 9.17) is 17.0 Å². The minimum atomic E-state index is 0.124. The molecule has 0 saturated heterocycles. The fourth-order valence-electron chi connectivity index (χ4n) is 2.20. The summed E-state index contributed by atoms with van der Waals surface area (Å²) in [4.78, 5) is 0. The Hall–Kier alpha value is -1.91. The molecule has 0 aromatic heterocycles. The van der Waals surface area contributed by atoms with E-state index in [1.807, 2.05) is 36.4 Å². The zero-order valence-electron chi connectivity index (χ0n) is 13.5. The van der Waals surface area contributed by atoms with E-state index in [0.29, 0.717) is 11.7 Å². The average molecular weight is 328 g/mol. The van der Waals surface area contributed by atoms with Gasteiger partial charge in [-0.05, 0) is 36.7 Å². The van der Waals surface area contributed by atoms with Crippen LogP contribution in [0.1, 0.15) is 30.6 Å². The van der Waals surface area contributed by atoms with Gasteiger partial charge in [0.05, 0.1) is 6.10 Å². The van der Waals surface area contributed by atoms with Crippen LogP contribution in [0.4, 0.5) is 0 Å². The fourth-order valence-corrected chi connectivity index (χ4v) is 2.37. The van der Waals surface area contributed by atoms with E-state index in [0.717, 1.165) is 19.5 Å². The molecule has 0 aliphatic rings. The highest BCUT2D eigenvalue weighted by Crippen LogP contribution is 2.15. The number of ether oxygens (including phenoxy) is 1. The van der Waals surface area contributed by atoms with Gasteiger partial charge in [-0.15, -0.1) is 0 Å². The average Bonchev–Trinajstić information content (AvgIpc) is 2.61. The molecule has 122 valence electrons. The quantitative estimate of drug-likeness (QED) is 0.570. The van der Waals surface area contributed by atoms with Crippen LogP contribution in [0, 0.1) is 0 Å². The Bertz CT molecular complexity index is 574. The third-order valence-electron chi connectivity index (χ3n) is 3.54. The molecule has 0 spiro atoms. The number of benzene rings is 2. The lowest BCUT2D eigenvalue weighted by atomic mass is 10.1. The summed E-state index contributed by atoms with van der Waals surface area (Å²) in [6.07, 6.45) is 1.05. The van der Waals surface area contributed by atoms with Gasteiger partial charge < -0.3 is 15.4 Å². The van der Waals surface area contributed by atoms with Gasteiger partial charge in [0.15, 0.2) is 5.11 Å². The van der Waals surface area contributed by atoms with E-state index < -0.39 is 0 Å². The molecule has 4 heteroatoms. The van der Waals surface area contributed by atoms with Crippen LogP contribution < -0.4 is 10.6 Å². The molecule has 2 aromatic carbocycles. The first-order valence-electron chi connectivity index (χ1n) is 7.98. The minimum Gasteiger partial charge on any atom is -0.374 e. The van der Waals surface area contributed by atoms with Crippen LogP contribution in [-0.4, -0.2) is 18.3 Å². The second-order valence-electron chi connectivity index (χ2n) is 5.37. The van der Waals surface area contributed by atoms with Crippen molar-refractivity contribution in [1.29, 1.82) is 0 Å². The molecular formula is C19H24N2OS. The van der Waals surface area contributed by atoms with E-state index in [1.165, 1.54) is 11.1 Å². The van der Waals surface area contributed by atoms with Gasteiger partial charge in [0.25, 0.3) is 0 Å². The number of hydrogen-bond acceptors (Lipinski definition) is 2. The summed E-state index contributed by atoms with van der Waals surface area (Å²) in [5.74, 6) is 0. The van der Waals surface area contributed by atoms with Gasteiger partial charge in [-0.1, -0.05) is 60.7 Å². The number of hydrogen-bond donors (Lipinski definition) is 2. The molecule has 0 radical (unpaired) electrons. The lowest BCUT2D eigenvalue weighted by molar-refractivity contribution is 0.0646. The van der Waals surface area contributed by atoms with Crippen molar-refractivity contribution in [3.8, 4) is 0 Å². The predicted octanol–water partition coefficient (Wildman–Crippen LogP) is 3.82. The van der Waals surface area contributed by atoms with Crippen molar-refractivity contribution in [2.45, 2.75) is 26.0 Å². The van der Waals surface area contributed by atoms with Crippen molar-refractivity contribution < 1.29 is 4.74 Å². The lowest BCUT2D eigenvalue weighted by Gasteiger charge is -2.14. The first-order valence-corrected chi connectivity index (χ1v) is 8.38. The molecular weight excluding hydrogens is 304 g/mol. The molecule has 0 saturated carbocycles. The minimum absolute atomic E-state index is 0.124. The summed E-state index contributed by atoms with van der Waals surface area (Å²) in [5, 5.41) is 7.10. The summed E-state index contributed by atoms with van der Waals surface area (Å²) < 4.78 is 5.84. The third kappa shape index (κ3) is 6.80. The topological polar surface area (TPSA) is 33.3 Å². The third-order valence-corrected chi connectivity index (χ3v) is 3.83. The van der Waals surface area contributed by atoms with Crippen LogP contribution in [0.5, 0.6) is 0 Å². The molecule has 23 heavy (non-hydrogen) atoms. The maximum absolute atomic E-state index is 5.84. The molecule has 0 bridgehead atoms. The number of nitrogens with one attached hydrogen (secondary N) is 2. The van der Waals surface area contributed by atoms with Gasteiger partial charge in [-0.2, -0.15) is 0 Å². The summed E-state index contributed by atoms with van der Waals surface area (Å²) in [7, 11) is 0. The van der Waals surface area contributed by atoms with E-state index in [2.05, 4.69) is 41.8 Å². The molecule has 2 rings (SSSR count). The van der Waals surface area contributed by atoms with E-state index >= 15 is 0 Å². The van der Waals surface area contributed by atoms with Crippen LogP contribution in [0.25, 0.3) is 0 Å². The maximum atomic E-state index is 5.84. The second kappa shape index (κ2) is 9.98. The molecule has 2 N–H and O–H groups in total. The van der Waals surface area contributed by atoms with Crippen LogP contribution in [0.3, 0.4) is 0 Å². The first kappa shape index (κ1) is 17.4. The number of rotatable bonds is 8. The van der Waals surface area contributed by atoms with Crippen molar-refractivity contribution in [3.63, 3.8) is 0 Å².